The summed E-state index contributed by atoms with van der Waals surface area (Å²) in [5.74, 6) is -0.225. The van der Waals surface area contributed by atoms with Crippen molar-refractivity contribution < 1.29 is 15.0 Å². The summed E-state index contributed by atoms with van der Waals surface area (Å²) in [6.45, 7) is 2.71. The van der Waals surface area contributed by atoms with Crippen LogP contribution in [0, 0.1) is 5.92 Å². The molecule has 1 amide bonds. The van der Waals surface area contributed by atoms with E-state index in [2.05, 4.69) is 17.3 Å². The lowest BCUT2D eigenvalue weighted by atomic mass is 10.1. The molecule has 2 rings (SSSR count). The molecule has 1 fully saturated rings. The second-order valence-electron chi connectivity index (χ2n) is 4.83. The van der Waals surface area contributed by atoms with Crippen LogP contribution in [0.15, 0.2) is 18.2 Å². The van der Waals surface area contributed by atoms with E-state index in [9.17, 15) is 9.90 Å². The SMILES string of the molecule is CN1CCC(CNC(=O)c2ccc(O)c(O)c2)C1. The van der Waals surface area contributed by atoms with Gasteiger partial charge in [0.1, 0.15) is 0 Å². The zero-order chi connectivity index (χ0) is 13.1. The first-order valence-electron chi connectivity index (χ1n) is 6.05. The maximum atomic E-state index is 11.8. The number of hydrogen-bond acceptors (Lipinski definition) is 4. The Balaban J connectivity index is 1.89. The molecule has 5 nitrogen and oxygen atoms in total. The first-order valence-corrected chi connectivity index (χ1v) is 6.05. The normalized spacial score (nSPS) is 19.9. The van der Waals surface area contributed by atoms with Crippen molar-refractivity contribution in [2.75, 3.05) is 26.7 Å². The number of carbonyl (C=O) groups excluding carboxylic acids is 1. The van der Waals surface area contributed by atoms with E-state index in [4.69, 9.17) is 5.11 Å². The Labute approximate surface area is 106 Å². The number of phenolic OH excluding ortho intramolecular Hbond substituents is 2. The number of hydrogen-bond donors (Lipinski definition) is 3. The van der Waals surface area contributed by atoms with Gasteiger partial charge < -0.3 is 20.4 Å². The number of likely N-dealkylation sites (tertiary alicyclic amines) is 1. The number of benzene rings is 1. The van der Waals surface area contributed by atoms with Gasteiger partial charge in [-0.15, -0.1) is 0 Å². The smallest absolute Gasteiger partial charge is 0.251 e. The van der Waals surface area contributed by atoms with Gasteiger partial charge in [0.05, 0.1) is 0 Å². The minimum absolute atomic E-state index is 0.219. The number of amides is 1. The first kappa shape index (κ1) is 12.7. The van der Waals surface area contributed by atoms with Crippen LogP contribution in [0.1, 0.15) is 16.8 Å². The van der Waals surface area contributed by atoms with Crippen LogP contribution < -0.4 is 5.32 Å². The van der Waals surface area contributed by atoms with Gasteiger partial charge >= 0.3 is 0 Å². The quantitative estimate of drug-likeness (QED) is 0.693. The second kappa shape index (κ2) is 5.27. The largest absolute Gasteiger partial charge is 0.504 e. The molecule has 5 heteroatoms. The molecule has 3 N–H and O–H groups in total. The molecule has 0 bridgehead atoms. The molecule has 0 spiro atoms. The van der Waals surface area contributed by atoms with Crippen molar-refractivity contribution in [3.63, 3.8) is 0 Å². The van der Waals surface area contributed by atoms with Gasteiger partial charge in [-0.2, -0.15) is 0 Å². The Bertz CT molecular complexity index is 448. The predicted octanol–water partition coefficient (Wildman–Crippen LogP) is 0.779. The zero-order valence-electron chi connectivity index (χ0n) is 10.4. The lowest BCUT2D eigenvalue weighted by Gasteiger charge is -2.12. The Morgan fingerprint density at radius 3 is 2.83 bits per heavy atom. The van der Waals surface area contributed by atoms with Crippen LogP contribution in [-0.4, -0.2) is 47.7 Å². The minimum Gasteiger partial charge on any atom is -0.504 e. The molecule has 1 unspecified atom stereocenters. The van der Waals surface area contributed by atoms with Crippen LogP contribution in [0.25, 0.3) is 0 Å². The van der Waals surface area contributed by atoms with E-state index in [1.165, 1.54) is 18.2 Å². The summed E-state index contributed by atoms with van der Waals surface area (Å²) >= 11 is 0. The van der Waals surface area contributed by atoms with Gasteiger partial charge in [0.15, 0.2) is 11.5 Å². The van der Waals surface area contributed by atoms with Crippen molar-refractivity contribution in [1.29, 1.82) is 0 Å². The molecule has 18 heavy (non-hydrogen) atoms. The Hall–Kier alpha value is -1.75. The van der Waals surface area contributed by atoms with Crippen LogP contribution >= 0.6 is 0 Å². The standard InChI is InChI=1S/C13H18N2O3/c1-15-5-4-9(8-15)7-14-13(18)10-2-3-11(16)12(17)6-10/h2-3,6,9,16-17H,4-5,7-8H2,1H3,(H,14,18). The molecule has 0 aromatic heterocycles. The molecule has 1 aromatic rings. The molecule has 0 saturated carbocycles. The molecule has 1 aromatic carbocycles. The Morgan fingerprint density at radius 2 is 2.22 bits per heavy atom. The van der Waals surface area contributed by atoms with E-state index < -0.39 is 0 Å². The molecule has 1 heterocycles. The fourth-order valence-electron chi connectivity index (χ4n) is 2.20. The maximum Gasteiger partial charge on any atom is 0.251 e. The average Bonchev–Trinajstić information content (AvgIpc) is 2.75. The Kier molecular flexibility index (Phi) is 3.72. The highest BCUT2D eigenvalue weighted by atomic mass is 16.3. The summed E-state index contributed by atoms with van der Waals surface area (Å²) in [6.07, 6.45) is 1.09. The van der Waals surface area contributed by atoms with E-state index in [1.54, 1.807) is 0 Å². The summed E-state index contributed by atoms with van der Waals surface area (Å²) in [7, 11) is 2.07. The number of aromatic hydroxyl groups is 2. The highest BCUT2D eigenvalue weighted by molar-refractivity contribution is 5.94. The zero-order valence-corrected chi connectivity index (χ0v) is 10.4. The lowest BCUT2D eigenvalue weighted by molar-refractivity contribution is 0.0947. The van der Waals surface area contributed by atoms with Gasteiger partial charge in [0.25, 0.3) is 5.91 Å². The fraction of sp³-hybridized carbons (Fsp3) is 0.462. The molecule has 1 saturated heterocycles. The van der Waals surface area contributed by atoms with Gasteiger partial charge in [-0.1, -0.05) is 0 Å². The van der Waals surface area contributed by atoms with Gasteiger partial charge in [0, 0.05) is 18.7 Å². The molecule has 1 atom stereocenters. The van der Waals surface area contributed by atoms with Crippen molar-refractivity contribution in [2.24, 2.45) is 5.92 Å². The summed E-state index contributed by atoms with van der Waals surface area (Å²) in [5.41, 5.74) is 0.358. The van der Waals surface area contributed by atoms with Gasteiger partial charge in [-0.25, -0.2) is 0 Å². The summed E-state index contributed by atoms with van der Waals surface area (Å²) in [4.78, 5) is 14.1. The van der Waals surface area contributed by atoms with Crippen molar-refractivity contribution >= 4 is 5.91 Å². The molecular weight excluding hydrogens is 232 g/mol. The van der Waals surface area contributed by atoms with Crippen LogP contribution in [0.4, 0.5) is 0 Å². The van der Waals surface area contributed by atoms with Gasteiger partial charge in [-0.05, 0) is 44.1 Å². The third-order valence-electron chi connectivity index (χ3n) is 3.28. The highest BCUT2D eigenvalue weighted by Gasteiger charge is 2.20. The molecule has 1 aliphatic rings. The second-order valence-corrected chi connectivity index (χ2v) is 4.83. The van der Waals surface area contributed by atoms with E-state index in [0.717, 1.165) is 19.5 Å². The molecule has 1 aliphatic heterocycles. The van der Waals surface area contributed by atoms with Crippen molar-refractivity contribution in [1.82, 2.24) is 10.2 Å². The van der Waals surface area contributed by atoms with Gasteiger partial charge in [0.2, 0.25) is 0 Å². The topological polar surface area (TPSA) is 72.8 Å². The van der Waals surface area contributed by atoms with Crippen molar-refractivity contribution in [3.8, 4) is 11.5 Å². The molecule has 0 aliphatic carbocycles. The molecule has 98 valence electrons. The predicted molar refractivity (Wildman–Crippen MR) is 67.7 cm³/mol. The van der Waals surface area contributed by atoms with Crippen LogP contribution in [0.5, 0.6) is 11.5 Å². The van der Waals surface area contributed by atoms with E-state index in [-0.39, 0.29) is 17.4 Å². The number of nitrogens with zero attached hydrogens (tertiary/aromatic N) is 1. The maximum absolute atomic E-state index is 11.8. The van der Waals surface area contributed by atoms with Crippen LogP contribution in [-0.2, 0) is 0 Å². The third kappa shape index (κ3) is 2.92. The van der Waals surface area contributed by atoms with E-state index in [0.29, 0.717) is 18.0 Å². The number of rotatable bonds is 3. The fourth-order valence-corrected chi connectivity index (χ4v) is 2.20. The summed E-state index contributed by atoms with van der Waals surface area (Å²) in [6, 6.07) is 4.07. The first-order chi connectivity index (χ1) is 8.56. The Morgan fingerprint density at radius 1 is 1.44 bits per heavy atom. The van der Waals surface area contributed by atoms with Crippen molar-refractivity contribution in [3.05, 3.63) is 23.8 Å². The van der Waals surface area contributed by atoms with E-state index in [1.807, 2.05) is 0 Å². The number of phenols is 2. The van der Waals surface area contributed by atoms with Crippen LogP contribution in [0.2, 0.25) is 0 Å². The highest BCUT2D eigenvalue weighted by Crippen LogP contribution is 2.24. The van der Waals surface area contributed by atoms with Crippen LogP contribution in [0.3, 0.4) is 0 Å². The van der Waals surface area contributed by atoms with Crippen molar-refractivity contribution in [2.45, 2.75) is 6.42 Å². The number of nitrogens with one attached hydrogen (secondary N) is 1. The summed E-state index contributed by atoms with van der Waals surface area (Å²) in [5, 5.41) is 21.3. The lowest BCUT2D eigenvalue weighted by Crippen LogP contribution is -2.30. The molecular formula is C13H18N2O3. The molecule has 0 radical (unpaired) electrons. The summed E-state index contributed by atoms with van der Waals surface area (Å²) < 4.78 is 0. The third-order valence-corrected chi connectivity index (χ3v) is 3.28. The van der Waals surface area contributed by atoms with E-state index >= 15 is 0 Å². The number of carbonyl (C=O) groups is 1. The monoisotopic (exact) mass is 250 g/mol. The average molecular weight is 250 g/mol. The minimum atomic E-state index is -0.275. The van der Waals surface area contributed by atoms with Gasteiger partial charge in [-0.3, -0.25) is 4.79 Å².